The quantitative estimate of drug-likeness (QED) is 0.190. The number of hydrogen-bond donors (Lipinski definition) is 1. The molecule has 236 valence electrons. The highest BCUT2D eigenvalue weighted by Gasteiger charge is 2.45. The average molecular weight is 624 g/mol. The van der Waals surface area contributed by atoms with E-state index >= 15 is 0 Å². The van der Waals surface area contributed by atoms with E-state index in [-0.39, 0.29) is 42.0 Å². The number of pyridine rings is 1. The molecule has 1 aromatic heterocycles. The normalized spacial score (nSPS) is 16.8. The van der Waals surface area contributed by atoms with Crippen molar-refractivity contribution in [3.05, 3.63) is 101 Å². The van der Waals surface area contributed by atoms with Crippen molar-refractivity contribution in [2.45, 2.75) is 51.6 Å². The van der Waals surface area contributed by atoms with Gasteiger partial charge in [0.05, 0.1) is 55.5 Å². The predicted molar refractivity (Wildman–Crippen MR) is 170 cm³/mol. The summed E-state index contributed by atoms with van der Waals surface area (Å²) in [7, 11) is 3.12. The Labute approximate surface area is 266 Å². The molecular formula is C37H35F2N3O4. The first-order valence-electron chi connectivity index (χ1n) is 15.7. The second-order valence-electron chi connectivity index (χ2n) is 12.7. The number of fused-ring (bicyclic) bond motifs is 1. The van der Waals surface area contributed by atoms with Crippen molar-refractivity contribution in [2.24, 2.45) is 11.3 Å². The first-order chi connectivity index (χ1) is 22.3. The molecule has 4 aromatic rings. The molecule has 7 nitrogen and oxygen atoms in total. The molecule has 1 amide bonds. The maximum atomic E-state index is 14.9. The molecule has 0 atom stereocenters. The van der Waals surface area contributed by atoms with Gasteiger partial charge in [0.25, 0.3) is 5.91 Å². The van der Waals surface area contributed by atoms with Crippen LogP contribution in [0.1, 0.15) is 70.5 Å². The van der Waals surface area contributed by atoms with Gasteiger partial charge >= 0.3 is 0 Å². The van der Waals surface area contributed by atoms with Crippen LogP contribution in [-0.2, 0) is 13.1 Å². The third-order valence-corrected chi connectivity index (χ3v) is 9.83. The number of amides is 1. The Hall–Kier alpha value is -4.79. The molecule has 0 radical (unpaired) electrons. The third kappa shape index (κ3) is 5.59. The summed E-state index contributed by atoms with van der Waals surface area (Å²) in [4.78, 5) is 33.3. The zero-order valence-electron chi connectivity index (χ0n) is 25.9. The van der Waals surface area contributed by atoms with Gasteiger partial charge in [-0.2, -0.15) is 0 Å². The van der Waals surface area contributed by atoms with Crippen molar-refractivity contribution >= 4 is 23.1 Å². The number of methoxy groups -OCH3 is 2. The van der Waals surface area contributed by atoms with Gasteiger partial charge in [0.2, 0.25) is 0 Å². The van der Waals surface area contributed by atoms with Crippen LogP contribution < -0.4 is 14.8 Å². The molecule has 9 heteroatoms. The van der Waals surface area contributed by atoms with Gasteiger partial charge in [0.15, 0.2) is 5.78 Å². The minimum Gasteiger partial charge on any atom is -0.497 e. The van der Waals surface area contributed by atoms with E-state index in [0.717, 1.165) is 31.2 Å². The zero-order valence-corrected chi connectivity index (χ0v) is 25.9. The maximum absolute atomic E-state index is 14.9. The Morgan fingerprint density at radius 3 is 2.30 bits per heavy atom. The number of nitrogens with zero attached hydrogens (tertiary/aromatic N) is 2. The van der Waals surface area contributed by atoms with E-state index in [4.69, 9.17) is 9.47 Å². The lowest BCUT2D eigenvalue weighted by Crippen LogP contribution is -2.24. The molecule has 7 rings (SSSR count). The summed E-state index contributed by atoms with van der Waals surface area (Å²) in [6.07, 6.45) is 6.76. The molecule has 46 heavy (non-hydrogen) atoms. The highest BCUT2D eigenvalue weighted by molar-refractivity contribution is 6.04. The minimum atomic E-state index is -0.749. The number of nitrogens with one attached hydrogen (secondary N) is 1. The Kier molecular flexibility index (Phi) is 7.71. The van der Waals surface area contributed by atoms with E-state index in [1.54, 1.807) is 55.5 Å². The fraction of sp³-hybridized carbons (Fsp3) is 0.324. The maximum Gasteiger partial charge on any atom is 0.258 e. The zero-order chi connectivity index (χ0) is 32.0. The lowest BCUT2D eigenvalue weighted by molar-refractivity contribution is 0.0765. The summed E-state index contributed by atoms with van der Waals surface area (Å²) in [5.41, 5.74) is 3.49. The van der Waals surface area contributed by atoms with Crippen LogP contribution >= 0.6 is 0 Å². The van der Waals surface area contributed by atoms with E-state index in [1.165, 1.54) is 37.1 Å². The molecule has 3 aliphatic rings. The highest BCUT2D eigenvalue weighted by atomic mass is 19.1. The lowest BCUT2D eigenvalue weighted by atomic mass is 9.77. The lowest BCUT2D eigenvalue weighted by Gasteiger charge is -2.27. The summed E-state index contributed by atoms with van der Waals surface area (Å²) < 4.78 is 40.7. The number of Topliss-reactive ketones (excluding diaryl/α,β-unsaturated/α-hetero) is 1. The van der Waals surface area contributed by atoms with Gasteiger partial charge in [0, 0.05) is 28.8 Å². The molecule has 1 aliphatic heterocycles. The van der Waals surface area contributed by atoms with E-state index in [1.807, 2.05) is 6.07 Å². The monoisotopic (exact) mass is 623 g/mol. The Bertz CT molecular complexity index is 1810. The number of hydrogen-bond acceptors (Lipinski definition) is 6. The van der Waals surface area contributed by atoms with Gasteiger partial charge in [-0.25, -0.2) is 13.8 Å². The second kappa shape index (κ2) is 11.9. The second-order valence-corrected chi connectivity index (χ2v) is 12.7. The summed E-state index contributed by atoms with van der Waals surface area (Å²) in [6.45, 7) is 0.363. The van der Waals surface area contributed by atoms with Crippen molar-refractivity contribution in [3.63, 3.8) is 0 Å². The molecule has 2 aliphatic carbocycles. The third-order valence-electron chi connectivity index (χ3n) is 9.83. The molecule has 0 bridgehead atoms. The van der Waals surface area contributed by atoms with Crippen molar-refractivity contribution in [3.8, 4) is 22.8 Å². The topological polar surface area (TPSA) is 80.8 Å². The molecule has 1 N–H and O–H groups in total. The molecule has 3 aromatic carbocycles. The van der Waals surface area contributed by atoms with Crippen molar-refractivity contribution in [1.29, 1.82) is 0 Å². The highest BCUT2D eigenvalue weighted by Crippen LogP contribution is 2.57. The number of anilines is 2. The van der Waals surface area contributed by atoms with Gasteiger partial charge < -0.3 is 19.7 Å². The first kappa shape index (κ1) is 29.9. The van der Waals surface area contributed by atoms with E-state index in [9.17, 15) is 18.4 Å². The first-order valence-corrected chi connectivity index (χ1v) is 15.7. The Morgan fingerprint density at radius 2 is 1.65 bits per heavy atom. The van der Waals surface area contributed by atoms with Crippen LogP contribution in [0.2, 0.25) is 0 Å². The van der Waals surface area contributed by atoms with Crippen molar-refractivity contribution in [2.75, 3.05) is 19.5 Å². The van der Waals surface area contributed by atoms with Crippen LogP contribution in [-0.4, -0.2) is 35.8 Å². The molecule has 0 unspecified atom stereocenters. The molecule has 1 spiro atoms. The standard InChI is InChI=1S/C37H35F2N3O4/c1-45-26-11-8-24(32(18-26)46-2)20-42-21-31-34(36(42)44)30(19-29(41-31)33-27(38)4-3-5-28(33)39)40-25-9-6-22(7-10-25)35(43)23-12-14-37(15-13-23)16-17-37/h3-11,18-19,23H,12-17,20-21H2,1-2H3,(H,40,41). The Morgan fingerprint density at radius 1 is 0.935 bits per heavy atom. The average Bonchev–Trinajstić information content (AvgIpc) is 3.74. The number of ketones is 1. The molecule has 2 saturated carbocycles. The van der Waals surface area contributed by atoms with E-state index in [0.29, 0.717) is 45.1 Å². The van der Waals surface area contributed by atoms with Crippen LogP contribution in [0.15, 0.2) is 66.7 Å². The summed E-state index contributed by atoms with van der Waals surface area (Å²) in [5, 5.41) is 3.29. The molecular weight excluding hydrogens is 588 g/mol. The minimum absolute atomic E-state index is 0.0552. The van der Waals surface area contributed by atoms with Crippen molar-refractivity contribution in [1.82, 2.24) is 9.88 Å². The van der Waals surface area contributed by atoms with Crippen LogP contribution in [0, 0.1) is 23.0 Å². The van der Waals surface area contributed by atoms with E-state index in [2.05, 4.69) is 10.3 Å². The summed E-state index contributed by atoms with van der Waals surface area (Å²) in [5.74, 6) is -0.357. The molecule has 2 fully saturated rings. The fourth-order valence-electron chi connectivity index (χ4n) is 6.92. The van der Waals surface area contributed by atoms with Crippen LogP contribution in [0.25, 0.3) is 11.3 Å². The number of aromatic nitrogens is 1. The SMILES string of the molecule is COc1ccc(CN2Cc3nc(-c4c(F)cccc4F)cc(Nc4ccc(C(=O)C5CCC6(CC5)CC6)cc4)c3C2=O)c(OC)c1. The summed E-state index contributed by atoms with van der Waals surface area (Å²) >= 11 is 0. The molecule has 0 saturated heterocycles. The van der Waals surface area contributed by atoms with Crippen LogP contribution in [0.4, 0.5) is 20.2 Å². The van der Waals surface area contributed by atoms with Crippen molar-refractivity contribution < 1.29 is 27.8 Å². The van der Waals surface area contributed by atoms with Gasteiger partial charge in [-0.05, 0) is 98.5 Å². The number of rotatable bonds is 9. The summed E-state index contributed by atoms with van der Waals surface area (Å²) in [6, 6.07) is 17.7. The van der Waals surface area contributed by atoms with Gasteiger partial charge in [0.1, 0.15) is 23.1 Å². The predicted octanol–water partition coefficient (Wildman–Crippen LogP) is 8.10. The van der Waals surface area contributed by atoms with Gasteiger partial charge in [-0.1, -0.05) is 6.07 Å². The number of carbonyl (C=O) groups is 2. The van der Waals surface area contributed by atoms with Crippen LogP contribution in [0.5, 0.6) is 11.5 Å². The largest absolute Gasteiger partial charge is 0.497 e. The number of ether oxygens (including phenoxy) is 2. The van der Waals surface area contributed by atoms with Crippen LogP contribution in [0.3, 0.4) is 0 Å². The number of benzene rings is 3. The van der Waals surface area contributed by atoms with Gasteiger partial charge in [-0.15, -0.1) is 0 Å². The Balaban J connectivity index is 1.18. The number of carbonyl (C=O) groups excluding carboxylic acids is 2. The number of halogens is 2. The van der Waals surface area contributed by atoms with E-state index < -0.39 is 11.6 Å². The fourth-order valence-corrected chi connectivity index (χ4v) is 6.92. The molecule has 2 heterocycles. The van der Waals surface area contributed by atoms with Gasteiger partial charge in [-0.3, -0.25) is 9.59 Å². The smallest absolute Gasteiger partial charge is 0.258 e.